The van der Waals surface area contributed by atoms with E-state index in [0.717, 1.165) is 30.5 Å². The van der Waals surface area contributed by atoms with E-state index in [1.807, 2.05) is 24.3 Å². The number of carbonyl (C=O) groups is 1. The van der Waals surface area contributed by atoms with Crippen molar-refractivity contribution in [2.24, 2.45) is 5.92 Å². The highest BCUT2D eigenvalue weighted by atomic mass is 79.9. The molecule has 2 aromatic carbocycles. The van der Waals surface area contributed by atoms with Gasteiger partial charge in [0, 0.05) is 36.4 Å². The van der Waals surface area contributed by atoms with E-state index in [4.69, 9.17) is 0 Å². The average molecular weight is 358 g/mol. The summed E-state index contributed by atoms with van der Waals surface area (Å²) >= 11 is 3.59. The molecule has 0 radical (unpaired) electrons. The quantitative estimate of drug-likeness (QED) is 0.821. The van der Waals surface area contributed by atoms with Gasteiger partial charge in [0.05, 0.1) is 0 Å². The Morgan fingerprint density at radius 1 is 1.05 bits per heavy atom. The molecule has 0 amide bonds. The number of benzene rings is 2. The fraction of sp³-hybridized carbons (Fsp3) is 0.316. The summed E-state index contributed by atoms with van der Waals surface area (Å²) < 4.78 is 1.10. The zero-order valence-corrected chi connectivity index (χ0v) is 14.1. The van der Waals surface area contributed by atoms with Crippen LogP contribution in [0.25, 0.3) is 0 Å². The van der Waals surface area contributed by atoms with Gasteiger partial charge in [0.2, 0.25) is 0 Å². The second-order valence-electron chi connectivity index (χ2n) is 5.93. The number of likely N-dealkylation sites (tertiary alicyclic amines) is 1. The Hall–Kier alpha value is -1.45. The Bertz CT molecular complexity index is 641. The van der Waals surface area contributed by atoms with Crippen molar-refractivity contribution < 1.29 is 4.79 Å². The number of halogens is 1. The molecule has 114 valence electrons. The molecule has 0 N–H and O–H groups in total. The van der Waals surface area contributed by atoms with E-state index in [0.29, 0.717) is 12.2 Å². The van der Waals surface area contributed by atoms with Crippen molar-refractivity contribution in [2.45, 2.75) is 19.4 Å². The molecule has 1 saturated heterocycles. The van der Waals surface area contributed by atoms with Crippen LogP contribution in [0.1, 0.15) is 17.5 Å². The summed E-state index contributed by atoms with van der Waals surface area (Å²) in [6.07, 6.45) is 1.49. The van der Waals surface area contributed by atoms with Gasteiger partial charge in [-0.25, -0.2) is 0 Å². The number of rotatable bonds is 4. The van der Waals surface area contributed by atoms with Crippen LogP contribution in [0.5, 0.6) is 0 Å². The molecule has 0 bridgehead atoms. The second kappa shape index (κ2) is 7.21. The first-order chi connectivity index (χ1) is 10.7. The highest BCUT2D eigenvalue weighted by Crippen LogP contribution is 2.24. The molecule has 1 aliphatic heterocycles. The van der Waals surface area contributed by atoms with Gasteiger partial charge < -0.3 is 0 Å². The first kappa shape index (κ1) is 15.4. The number of ketones is 1. The standard InChI is InChI=1S/C19H20BrNO/c20-18-9-5-4-8-16(18)12-17-14-21(11-10-19(17)22)13-15-6-2-1-3-7-15/h1-9,17H,10-14H2. The normalized spacial score (nSPS) is 19.3. The van der Waals surface area contributed by atoms with Gasteiger partial charge in [-0.1, -0.05) is 64.5 Å². The maximum Gasteiger partial charge on any atom is 0.138 e. The third kappa shape index (κ3) is 3.84. The lowest BCUT2D eigenvalue weighted by molar-refractivity contribution is -0.126. The number of carbonyl (C=O) groups excluding carboxylic acids is 1. The van der Waals surface area contributed by atoms with Crippen LogP contribution in [-0.4, -0.2) is 23.8 Å². The summed E-state index contributed by atoms with van der Waals surface area (Å²) in [7, 11) is 0. The van der Waals surface area contributed by atoms with E-state index in [2.05, 4.69) is 51.2 Å². The van der Waals surface area contributed by atoms with Gasteiger partial charge in [0.1, 0.15) is 5.78 Å². The van der Waals surface area contributed by atoms with Crippen molar-refractivity contribution in [1.29, 1.82) is 0 Å². The van der Waals surface area contributed by atoms with E-state index < -0.39 is 0 Å². The van der Waals surface area contributed by atoms with Crippen LogP contribution in [-0.2, 0) is 17.8 Å². The molecule has 22 heavy (non-hydrogen) atoms. The molecule has 0 spiro atoms. The minimum Gasteiger partial charge on any atom is -0.299 e. The maximum atomic E-state index is 12.3. The largest absolute Gasteiger partial charge is 0.299 e. The topological polar surface area (TPSA) is 20.3 Å². The smallest absolute Gasteiger partial charge is 0.138 e. The third-order valence-corrected chi connectivity index (χ3v) is 5.06. The van der Waals surface area contributed by atoms with Crippen LogP contribution in [0.2, 0.25) is 0 Å². The summed E-state index contributed by atoms with van der Waals surface area (Å²) in [5.74, 6) is 0.510. The monoisotopic (exact) mass is 357 g/mol. The molecular formula is C19H20BrNO. The number of piperidine rings is 1. The Balaban J connectivity index is 1.66. The van der Waals surface area contributed by atoms with Gasteiger partial charge in [-0.05, 0) is 23.6 Å². The van der Waals surface area contributed by atoms with Crippen LogP contribution in [0, 0.1) is 5.92 Å². The van der Waals surface area contributed by atoms with E-state index in [1.165, 1.54) is 11.1 Å². The van der Waals surface area contributed by atoms with Crippen LogP contribution in [0.4, 0.5) is 0 Å². The van der Waals surface area contributed by atoms with Crippen molar-refractivity contribution in [1.82, 2.24) is 4.90 Å². The van der Waals surface area contributed by atoms with Crippen LogP contribution in [0.3, 0.4) is 0 Å². The fourth-order valence-corrected chi connectivity index (χ4v) is 3.52. The van der Waals surface area contributed by atoms with Crippen LogP contribution < -0.4 is 0 Å². The molecule has 1 aliphatic rings. The lowest BCUT2D eigenvalue weighted by Gasteiger charge is -2.32. The molecule has 2 nitrogen and oxygen atoms in total. The van der Waals surface area contributed by atoms with Crippen LogP contribution in [0.15, 0.2) is 59.1 Å². The van der Waals surface area contributed by atoms with E-state index in [1.54, 1.807) is 0 Å². The van der Waals surface area contributed by atoms with Gasteiger partial charge in [0.15, 0.2) is 0 Å². The second-order valence-corrected chi connectivity index (χ2v) is 6.78. The predicted octanol–water partition coefficient (Wildman–Crippen LogP) is 4.08. The summed E-state index contributed by atoms with van der Waals surface area (Å²) in [6.45, 7) is 2.66. The van der Waals surface area contributed by atoms with Crippen molar-refractivity contribution in [2.75, 3.05) is 13.1 Å². The first-order valence-corrected chi connectivity index (χ1v) is 8.54. The molecule has 1 atom stereocenters. The highest BCUT2D eigenvalue weighted by Gasteiger charge is 2.27. The molecule has 3 rings (SSSR count). The summed E-state index contributed by atoms with van der Waals surface area (Å²) in [5, 5.41) is 0. The van der Waals surface area contributed by atoms with Gasteiger partial charge in [-0.15, -0.1) is 0 Å². The SMILES string of the molecule is O=C1CCN(Cc2ccccc2)CC1Cc1ccccc1Br. The average Bonchev–Trinajstić information content (AvgIpc) is 2.54. The maximum absolute atomic E-state index is 12.3. The molecule has 2 aromatic rings. The number of hydrogen-bond acceptors (Lipinski definition) is 2. The molecule has 3 heteroatoms. The van der Waals surface area contributed by atoms with Gasteiger partial charge in [-0.3, -0.25) is 9.69 Å². The third-order valence-electron chi connectivity index (χ3n) is 4.28. The van der Waals surface area contributed by atoms with Gasteiger partial charge in [-0.2, -0.15) is 0 Å². The summed E-state index contributed by atoms with van der Waals surface area (Å²) in [4.78, 5) is 14.7. The lowest BCUT2D eigenvalue weighted by Crippen LogP contribution is -2.41. The first-order valence-electron chi connectivity index (χ1n) is 7.75. The Labute approximate surface area is 140 Å². The minimum absolute atomic E-state index is 0.108. The predicted molar refractivity (Wildman–Crippen MR) is 92.7 cm³/mol. The Morgan fingerprint density at radius 2 is 1.77 bits per heavy atom. The van der Waals surface area contributed by atoms with Crippen molar-refractivity contribution in [3.05, 3.63) is 70.2 Å². The van der Waals surface area contributed by atoms with E-state index in [9.17, 15) is 4.79 Å². The molecule has 0 aliphatic carbocycles. The zero-order chi connectivity index (χ0) is 15.4. The minimum atomic E-state index is 0.108. The van der Waals surface area contributed by atoms with Crippen molar-refractivity contribution >= 4 is 21.7 Å². The molecule has 1 heterocycles. The zero-order valence-electron chi connectivity index (χ0n) is 12.5. The number of Topliss-reactive ketones (excluding diaryl/α,β-unsaturated/α-hetero) is 1. The molecule has 0 aromatic heterocycles. The van der Waals surface area contributed by atoms with E-state index in [-0.39, 0.29) is 5.92 Å². The molecule has 1 unspecified atom stereocenters. The molecule has 0 saturated carbocycles. The Kier molecular flexibility index (Phi) is 5.06. The fourth-order valence-electron chi connectivity index (χ4n) is 3.07. The van der Waals surface area contributed by atoms with E-state index >= 15 is 0 Å². The van der Waals surface area contributed by atoms with Crippen LogP contribution >= 0.6 is 15.9 Å². The van der Waals surface area contributed by atoms with Gasteiger partial charge >= 0.3 is 0 Å². The van der Waals surface area contributed by atoms with Crippen molar-refractivity contribution in [3.63, 3.8) is 0 Å². The molecule has 1 fully saturated rings. The number of hydrogen-bond donors (Lipinski definition) is 0. The van der Waals surface area contributed by atoms with Crippen molar-refractivity contribution in [3.8, 4) is 0 Å². The summed E-state index contributed by atoms with van der Waals surface area (Å²) in [5.41, 5.74) is 2.54. The number of nitrogens with zero attached hydrogens (tertiary/aromatic N) is 1. The lowest BCUT2D eigenvalue weighted by atomic mass is 9.90. The Morgan fingerprint density at radius 3 is 2.55 bits per heavy atom. The summed E-state index contributed by atoms with van der Waals surface area (Å²) in [6, 6.07) is 18.7. The van der Waals surface area contributed by atoms with Gasteiger partial charge in [0.25, 0.3) is 0 Å². The highest BCUT2D eigenvalue weighted by molar-refractivity contribution is 9.10. The molecular weight excluding hydrogens is 338 g/mol.